The number of benzene rings is 2. The third-order valence-electron chi connectivity index (χ3n) is 8.97. The summed E-state index contributed by atoms with van der Waals surface area (Å²) in [5, 5.41) is 14.7. The number of nitrogens with zero attached hydrogens (tertiary/aromatic N) is 5. The Labute approximate surface area is 268 Å². The largest absolute Gasteiger partial charge is 0.508 e. The number of carbonyl (C=O) groups excluding carboxylic acids is 1. The Bertz CT molecular complexity index is 2190. The molecule has 12 heteroatoms. The first-order valence-corrected chi connectivity index (χ1v) is 15.4. The number of phenolic OH excluding ortho intramolecular Hbond substituents is 1. The summed E-state index contributed by atoms with van der Waals surface area (Å²) < 4.78 is 31.4. The van der Waals surface area contributed by atoms with Crippen LogP contribution in [0.4, 0.5) is 20.2 Å². The van der Waals surface area contributed by atoms with Crippen molar-refractivity contribution in [2.24, 2.45) is 0 Å². The number of hydrogen-bond acceptors (Lipinski definition) is 7. The van der Waals surface area contributed by atoms with Crippen LogP contribution < -0.4 is 20.7 Å². The molecule has 2 aliphatic heterocycles. The van der Waals surface area contributed by atoms with Gasteiger partial charge in [-0.3, -0.25) is 19.1 Å². The van der Waals surface area contributed by atoms with Gasteiger partial charge in [-0.05, 0) is 61.0 Å². The zero-order valence-electron chi connectivity index (χ0n) is 25.8. The van der Waals surface area contributed by atoms with Gasteiger partial charge in [0.25, 0.3) is 11.5 Å². The molecule has 1 amide bonds. The highest BCUT2D eigenvalue weighted by molar-refractivity contribution is 6.34. The number of aromatic hydroxyl groups is 1. The lowest BCUT2D eigenvalue weighted by Gasteiger charge is -2.46. The van der Waals surface area contributed by atoms with E-state index in [0.29, 0.717) is 35.5 Å². The number of carbonyl (C=O) groups is 1. The molecule has 5 aromatic rings. The van der Waals surface area contributed by atoms with Crippen LogP contribution in [0.5, 0.6) is 5.75 Å². The molecule has 0 radical (unpaired) electrons. The number of likely N-dealkylation sites (N-methyl/N-ethyl adjacent to an activating group) is 1. The highest BCUT2D eigenvalue weighted by Crippen LogP contribution is 2.44. The summed E-state index contributed by atoms with van der Waals surface area (Å²) in [7, 11) is 1.59. The van der Waals surface area contributed by atoms with Gasteiger partial charge in [-0.1, -0.05) is 31.5 Å². The Balaban J connectivity index is 1.67. The summed E-state index contributed by atoms with van der Waals surface area (Å²) >= 11 is 6.97. The smallest absolute Gasteiger partial charge is 0.283 e. The molecular weight excluding hydrogens is 614 g/mol. The van der Waals surface area contributed by atoms with E-state index in [9.17, 15) is 19.1 Å². The molecule has 2 N–H and O–H groups in total. The number of pyridine rings is 3. The number of piperazine rings is 1. The van der Waals surface area contributed by atoms with E-state index in [0.717, 1.165) is 11.6 Å². The van der Waals surface area contributed by atoms with Crippen molar-refractivity contribution in [1.82, 2.24) is 19.9 Å². The fourth-order valence-corrected chi connectivity index (χ4v) is 7.06. The fourth-order valence-electron chi connectivity index (χ4n) is 6.81. The molecule has 1 saturated heterocycles. The molecule has 5 heterocycles. The number of rotatable bonds is 3. The molecule has 3 aromatic heterocycles. The zero-order chi connectivity index (χ0) is 32.8. The fraction of sp³-hybridized carbons (Fsp3) is 0.294. The Morgan fingerprint density at radius 2 is 1.85 bits per heavy atom. The van der Waals surface area contributed by atoms with E-state index in [2.05, 4.69) is 10.3 Å². The first-order valence-electron chi connectivity index (χ1n) is 15.0. The number of hydrogen-bond donors (Lipinski definition) is 2. The lowest BCUT2D eigenvalue weighted by atomic mass is 9.98. The second kappa shape index (κ2) is 10.7. The SMILES string of the molecule is Cc1ccnc(C(C)C)c1-n1c(=O)c2c(c3cc(Cl)c(-c4cc(O)cc5ccc(F)c(F)c45)nc31)N1C[C@@H](C)NC[C@@H]1C(=O)N2C. The molecule has 0 saturated carbocycles. The third-order valence-corrected chi connectivity index (χ3v) is 9.26. The Hall–Kier alpha value is -4.61. The third kappa shape index (κ3) is 4.36. The Kier molecular flexibility index (Phi) is 7.02. The van der Waals surface area contributed by atoms with Gasteiger partial charge in [0, 0.05) is 48.7 Å². The molecule has 2 aromatic carbocycles. The number of fused-ring (bicyclic) bond motifs is 6. The molecule has 2 atom stereocenters. The van der Waals surface area contributed by atoms with Crippen LogP contribution >= 0.6 is 11.6 Å². The van der Waals surface area contributed by atoms with Gasteiger partial charge in [0.05, 0.1) is 27.8 Å². The number of amides is 1. The normalized spacial score (nSPS) is 18.1. The van der Waals surface area contributed by atoms with Crippen LogP contribution in [0.2, 0.25) is 5.02 Å². The van der Waals surface area contributed by atoms with Crippen molar-refractivity contribution in [3.63, 3.8) is 0 Å². The van der Waals surface area contributed by atoms with Gasteiger partial charge in [-0.2, -0.15) is 0 Å². The first-order chi connectivity index (χ1) is 21.9. The maximum Gasteiger partial charge on any atom is 0.283 e. The quantitative estimate of drug-likeness (QED) is 0.255. The van der Waals surface area contributed by atoms with E-state index >= 15 is 4.39 Å². The minimum atomic E-state index is -1.11. The average molecular weight is 645 g/mol. The summed E-state index contributed by atoms with van der Waals surface area (Å²) in [6, 6.07) is 7.85. The zero-order valence-corrected chi connectivity index (χ0v) is 26.6. The van der Waals surface area contributed by atoms with Gasteiger partial charge in [0.15, 0.2) is 11.6 Å². The van der Waals surface area contributed by atoms with Crippen molar-refractivity contribution in [3.05, 3.63) is 80.9 Å². The molecule has 2 aliphatic rings. The van der Waals surface area contributed by atoms with Crippen LogP contribution in [-0.4, -0.2) is 57.8 Å². The highest BCUT2D eigenvalue weighted by atomic mass is 35.5. The predicted octanol–water partition coefficient (Wildman–Crippen LogP) is 5.81. The van der Waals surface area contributed by atoms with Gasteiger partial charge in [0.1, 0.15) is 23.1 Å². The van der Waals surface area contributed by atoms with Crippen molar-refractivity contribution in [3.8, 4) is 22.7 Å². The van der Waals surface area contributed by atoms with E-state index in [-0.39, 0.29) is 62.0 Å². The number of aromatic nitrogens is 3. The average Bonchev–Trinajstić information content (AvgIpc) is 3.01. The van der Waals surface area contributed by atoms with E-state index in [1.165, 1.54) is 27.7 Å². The molecule has 0 spiro atoms. The summed E-state index contributed by atoms with van der Waals surface area (Å²) in [6.45, 7) is 8.62. The standard InChI is InChI=1S/C34H31ClF2N6O3/c1-15(2)27-29(16(3)8-9-38-27)43-32-21(30-31(34(43)46)41(5)33(45)24-13-39-17(4)14-42(24)30)12-22(35)28(40-32)20-11-19(44)10-18-6-7-23(36)26(37)25(18)20/h6-12,15,17,24,39,44H,13-14H2,1-5H3/t17-,24-/m1/s1. The minimum Gasteiger partial charge on any atom is -0.508 e. The van der Waals surface area contributed by atoms with E-state index in [1.54, 1.807) is 25.4 Å². The second-order valence-electron chi connectivity index (χ2n) is 12.4. The molecule has 9 nitrogen and oxygen atoms in total. The van der Waals surface area contributed by atoms with E-state index in [1.807, 2.05) is 32.6 Å². The summed E-state index contributed by atoms with van der Waals surface area (Å²) in [5.74, 6) is -2.69. The molecule has 0 unspecified atom stereocenters. The number of aryl methyl sites for hydroxylation is 1. The van der Waals surface area contributed by atoms with Crippen molar-refractivity contribution >= 4 is 50.7 Å². The van der Waals surface area contributed by atoms with Gasteiger partial charge in [-0.15, -0.1) is 0 Å². The van der Waals surface area contributed by atoms with Gasteiger partial charge in [-0.25, -0.2) is 13.8 Å². The van der Waals surface area contributed by atoms with Gasteiger partial charge >= 0.3 is 0 Å². The predicted molar refractivity (Wildman–Crippen MR) is 176 cm³/mol. The van der Waals surface area contributed by atoms with Crippen LogP contribution in [0.3, 0.4) is 0 Å². The van der Waals surface area contributed by atoms with E-state index < -0.39 is 23.2 Å². The van der Waals surface area contributed by atoms with Crippen LogP contribution in [0.15, 0.2) is 47.4 Å². The number of nitrogens with one attached hydrogen (secondary N) is 1. The van der Waals surface area contributed by atoms with Crippen LogP contribution in [-0.2, 0) is 4.79 Å². The number of phenols is 1. The summed E-state index contributed by atoms with van der Waals surface area (Å²) in [4.78, 5) is 41.4. The molecule has 7 rings (SSSR count). The maximum atomic E-state index is 15.4. The monoisotopic (exact) mass is 644 g/mol. The lowest BCUT2D eigenvalue weighted by Crippen LogP contribution is -2.64. The molecule has 236 valence electrons. The first kappa shape index (κ1) is 30.1. The van der Waals surface area contributed by atoms with Gasteiger partial charge < -0.3 is 20.2 Å². The minimum absolute atomic E-state index is 0.0186. The highest BCUT2D eigenvalue weighted by Gasteiger charge is 2.43. The molecule has 0 aliphatic carbocycles. The summed E-state index contributed by atoms with van der Waals surface area (Å²) in [5.41, 5.74) is 2.40. The Morgan fingerprint density at radius 3 is 2.59 bits per heavy atom. The molecule has 46 heavy (non-hydrogen) atoms. The van der Waals surface area contributed by atoms with Crippen molar-refractivity contribution in [2.45, 2.75) is 45.7 Å². The second-order valence-corrected chi connectivity index (χ2v) is 12.8. The van der Waals surface area contributed by atoms with Crippen LogP contribution in [0.1, 0.15) is 37.9 Å². The van der Waals surface area contributed by atoms with Gasteiger partial charge in [0.2, 0.25) is 0 Å². The van der Waals surface area contributed by atoms with Crippen molar-refractivity contribution in [2.75, 3.05) is 29.9 Å². The maximum absolute atomic E-state index is 15.4. The number of halogens is 3. The molecular formula is C34H31ClF2N6O3. The number of anilines is 2. The lowest BCUT2D eigenvalue weighted by molar-refractivity contribution is -0.120. The summed E-state index contributed by atoms with van der Waals surface area (Å²) in [6.07, 6.45) is 1.67. The van der Waals surface area contributed by atoms with Crippen molar-refractivity contribution < 1.29 is 18.7 Å². The Morgan fingerprint density at radius 1 is 1.09 bits per heavy atom. The van der Waals surface area contributed by atoms with Crippen LogP contribution in [0.25, 0.3) is 38.8 Å². The van der Waals surface area contributed by atoms with Crippen LogP contribution in [0, 0.1) is 18.6 Å². The van der Waals surface area contributed by atoms with Crippen molar-refractivity contribution in [1.29, 1.82) is 0 Å². The topological polar surface area (TPSA) is 104 Å². The van der Waals surface area contributed by atoms with E-state index in [4.69, 9.17) is 16.6 Å². The molecule has 1 fully saturated rings. The molecule has 0 bridgehead atoms.